The summed E-state index contributed by atoms with van der Waals surface area (Å²) in [4.78, 5) is 27.4. The molecule has 44 heavy (non-hydrogen) atoms. The van der Waals surface area contributed by atoms with Crippen LogP contribution in [0.25, 0.3) is 11.2 Å². The van der Waals surface area contributed by atoms with Crippen molar-refractivity contribution in [3.63, 3.8) is 0 Å². The van der Waals surface area contributed by atoms with Crippen molar-refractivity contribution in [2.24, 2.45) is 0 Å². The Labute approximate surface area is 252 Å². The molecular formula is C28H33FN7O7P. The standard InChI is InChI=1S/C28H33FN7O7P/c1-6-27(29)25(36-14-31-19-22(35(5)17-12-13-17)32-26(30)33-23(19)36)41-20-21(28(20,27)38)43-44(39,42-18-10-8-7-9-11-18)34-16(4)24(37)40-15(2)3/h1,7-11,14-17,20-21,25,38H,12-13H2,2-5H3,(H,34,39)(H2,30,32,33)/t16-,20-,21?,25-,27+,28+,44-/m1/s1. The number of ether oxygens (including phenoxy) is 2. The summed E-state index contributed by atoms with van der Waals surface area (Å²) in [5, 5.41) is 14.1. The number of nitrogens with two attached hydrogens (primary N) is 1. The van der Waals surface area contributed by atoms with Gasteiger partial charge in [0.05, 0.1) is 12.4 Å². The molecule has 3 heterocycles. The van der Waals surface area contributed by atoms with E-state index in [0.717, 1.165) is 12.8 Å². The Bertz CT molecular complexity index is 1680. The maximum atomic E-state index is 16.9. The molecule has 1 unspecified atom stereocenters. The highest BCUT2D eigenvalue weighted by Crippen LogP contribution is 2.66. The number of terminal acetylenes is 1. The SMILES string of the molecule is C#C[C@]1(F)[C@H](n2cnc3c(N(C)C4CC4)nc(N)nc32)O[C@@H]2C(O[P@@](=O)(N[C@H](C)C(=O)OC(C)C)Oc3ccccc3)[C@@]21O. The van der Waals surface area contributed by atoms with Crippen LogP contribution < -0.4 is 20.2 Å². The number of aromatic nitrogens is 4. The van der Waals surface area contributed by atoms with Crippen LogP contribution in [0.3, 0.4) is 0 Å². The summed E-state index contributed by atoms with van der Waals surface area (Å²) in [5.41, 5.74) is 1.15. The lowest BCUT2D eigenvalue weighted by atomic mass is 9.96. The van der Waals surface area contributed by atoms with Crippen molar-refractivity contribution in [1.29, 1.82) is 0 Å². The van der Waals surface area contributed by atoms with Crippen LogP contribution >= 0.6 is 7.75 Å². The number of nitrogens with one attached hydrogen (secondary N) is 1. The van der Waals surface area contributed by atoms with Crippen molar-refractivity contribution in [3.8, 4) is 18.1 Å². The van der Waals surface area contributed by atoms with Gasteiger partial charge < -0.3 is 29.7 Å². The van der Waals surface area contributed by atoms with E-state index in [2.05, 4.69) is 20.0 Å². The van der Waals surface area contributed by atoms with Crippen molar-refractivity contribution >= 4 is 36.6 Å². The summed E-state index contributed by atoms with van der Waals surface area (Å²) in [6.07, 6.45) is 4.00. The number of benzene rings is 1. The molecule has 0 radical (unpaired) electrons. The minimum absolute atomic E-state index is 0.0646. The van der Waals surface area contributed by atoms with Crippen LogP contribution in [-0.4, -0.2) is 79.3 Å². The number of halogens is 1. The van der Waals surface area contributed by atoms with Gasteiger partial charge in [0.2, 0.25) is 11.6 Å². The minimum Gasteiger partial charge on any atom is -0.462 e. The van der Waals surface area contributed by atoms with Gasteiger partial charge in [-0.3, -0.25) is 13.9 Å². The number of hydrogen-bond donors (Lipinski definition) is 3. The number of nitrogens with zero attached hydrogens (tertiary/aromatic N) is 5. The van der Waals surface area contributed by atoms with Gasteiger partial charge in [-0.1, -0.05) is 24.1 Å². The number of esters is 1. The van der Waals surface area contributed by atoms with E-state index in [-0.39, 0.29) is 23.4 Å². The molecule has 2 aliphatic carbocycles. The third-order valence-electron chi connectivity index (χ3n) is 7.82. The van der Waals surface area contributed by atoms with Crippen molar-refractivity contribution in [3.05, 3.63) is 36.7 Å². The molecule has 0 spiro atoms. The zero-order valence-corrected chi connectivity index (χ0v) is 25.3. The third kappa shape index (κ3) is 4.96. The molecule has 7 atom stereocenters. The van der Waals surface area contributed by atoms with Crippen LogP contribution in [0.5, 0.6) is 5.75 Å². The molecule has 0 bridgehead atoms. The molecular weight excluding hydrogens is 596 g/mol. The van der Waals surface area contributed by atoms with Crippen molar-refractivity contribution in [2.45, 2.75) is 81.5 Å². The molecule has 0 amide bonds. The lowest BCUT2D eigenvalue weighted by molar-refractivity contribution is -0.149. The van der Waals surface area contributed by atoms with Gasteiger partial charge in [-0.2, -0.15) is 15.1 Å². The van der Waals surface area contributed by atoms with Crippen molar-refractivity contribution in [1.82, 2.24) is 24.6 Å². The zero-order chi connectivity index (χ0) is 31.6. The fraction of sp³-hybridized carbons (Fsp3) is 0.500. The van der Waals surface area contributed by atoms with Crippen LogP contribution in [0, 0.1) is 12.3 Å². The third-order valence-corrected chi connectivity index (χ3v) is 9.48. The van der Waals surface area contributed by atoms with Gasteiger partial charge in [0.1, 0.15) is 24.0 Å². The monoisotopic (exact) mass is 629 g/mol. The van der Waals surface area contributed by atoms with Gasteiger partial charge in [0, 0.05) is 13.1 Å². The maximum absolute atomic E-state index is 16.9. The fourth-order valence-electron chi connectivity index (χ4n) is 5.36. The first kappa shape index (κ1) is 30.2. The number of alkyl halides is 1. The molecule has 1 aliphatic heterocycles. The summed E-state index contributed by atoms with van der Waals surface area (Å²) in [6.45, 7) is 4.72. The van der Waals surface area contributed by atoms with Crippen LogP contribution in [0.4, 0.5) is 16.2 Å². The average Bonchev–Trinajstić information content (AvgIpc) is 3.84. The number of anilines is 2. The van der Waals surface area contributed by atoms with Crippen LogP contribution in [-0.2, 0) is 23.4 Å². The number of fused-ring (bicyclic) bond motifs is 2. The lowest BCUT2D eigenvalue weighted by Crippen LogP contribution is -2.47. The van der Waals surface area contributed by atoms with E-state index in [1.54, 1.807) is 32.0 Å². The molecule has 1 aromatic carbocycles. The highest BCUT2D eigenvalue weighted by atomic mass is 31.2. The van der Waals surface area contributed by atoms with E-state index in [4.69, 9.17) is 30.7 Å². The number of imidazole rings is 1. The van der Waals surface area contributed by atoms with Gasteiger partial charge in [0.15, 0.2) is 28.8 Å². The second-order valence-corrected chi connectivity index (χ2v) is 13.1. The molecule has 234 valence electrons. The summed E-state index contributed by atoms with van der Waals surface area (Å²) in [7, 11) is -2.63. The van der Waals surface area contributed by atoms with Crippen LogP contribution in [0.2, 0.25) is 0 Å². The highest BCUT2D eigenvalue weighted by molar-refractivity contribution is 7.52. The molecule has 16 heteroatoms. The summed E-state index contributed by atoms with van der Waals surface area (Å²) in [6, 6.07) is 7.11. The van der Waals surface area contributed by atoms with E-state index in [1.165, 1.54) is 30.0 Å². The minimum atomic E-state index is -4.49. The number of aliphatic hydroxyl groups is 1. The summed E-state index contributed by atoms with van der Waals surface area (Å²) >= 11 is 0. The predicted octanol–water partition coefficient (Wildman–Crippen LogP) is 2.49. The van der Waals surface area contributed by atoms with E-state index < -0.39 is 55.6 Å². The van der Waals surface area contributed by atoms with E-state index in [0.29, 0.717) is 11.3 Å². The molecule has 2 aromatic heterocycles. The summed E-state index contributed by atoms with van der Waals surface area (Å²) in [5.74, 6) is 1.83. The maximum Gasteiger partial charge on any atom is 0.459 e. The first-order valence-corrected chi connectivity index (χ1v) is 15.6. The number of hydrogen-bond acceptors (Lipinski definition) is 12. The van der Waals surface area contributed by atoms with Crippen molar-refractivity contribution in [2.75, 3.05) is 17.7 Å². The number of carbonyl (C=O) groups is 1. The largest absolute Gasteiger partial charge is 0.462 e. The van der Waals surface area contributed by atoms with E-state index >= 15 is 4.39 Å². The first-order valence-electron chi connectivity index (χ1n) is 14.1. The Morgan fingerprint density at radius 2 is 2.02 bits per heavy atom. The lowest BCUT2D eigenvalue weighted by Gasteiger charge is -2.31. The van der Waals surface area contributed by atoms with Crippen LogP contribution in [0.15, 0.2) is 36.7 Å². The normalized spacial score (nSPS) is 29.5. The Morgan fingerprint density at radius 3 is 2.66 bits per heavy atom. The van der Waals surface area contributed by atoms with Crippen LogP contribution in [0.1, 0.15) is 39.8 Å². The number of carbonyl (C=O) groups excluding carboxylic acids is 1. The second-order valence-electron chi connectivity index (χ2n) is 11.4. The van der Waals surface area contributed by atoms with Gasteiger partial charge in [-0.05, 0) is 45.7 Å². The quantitative estimate of drug-likeness (QED) is 0.160. The first-order chi connectivity index (χ1) is 20.8. The Hall–Kier alpha value is -3.80. The Kier molecular flexibility index (Phi) is 7.34. The van der Waals surface area contributed by atoms with E-state index in [1.807, 2.05) is 17.9 Å². The second kappa shape index (κ2) is 10.7. The molecule has 14 nitrogen and oxygen atoms in total. The predicted molar refractivity (Wildman–Crippen MR) is 156 cm³/mol. The Morgan fingerprint density at radius 1 is 1.32 bits per heavy atom. The highest BCUT2D eigenvalue weighted by Gasteiger charge is 2.87. The molecule has 3 aromatic rings. The number of para-hydroxylation sites is 1. The summed E-state index contributed by atoms with van der Waals surface area (Å²) < 4.78 is 54.6. The molecule has 2 saturated carbocycles. The average molecular weight is 630 g/mol. The van der Waals surface area contributed by atoms with Gasteiger partial charge in [0.25, 0.3) is 0 Å². The number of rotatable bonds is 11. The van der Waals surface area contributed by atoms with Crippen molar-refractivity contribution < 1.29 is 37.4 Å². The molecule has 3 fully saturated rings. The van der Waals surface area contributed by atoms with Gasteiger partial charge in [-0.25, -0.2) is 13.9 Å². The number of nitrogen functional groups attached to an aromatic ring is 1. The molecule has 4 N–H and O–H groups in total. The molecule has 3 aliphatic rings. The van der Waals surface area contributed by atoms with Gasteiger partial charge in [-0.15, -0.1) is 6.42 Å². The molecule has 6 rings (SSSR count). The fourth-order valence-corrected chi connectivity index (χ4v) is 7.06. The molecule has 1 saturated heterocycles. The Balaban J connectivity index is 1.29. The zero-order valence-electron chi connectivity index (χ0n) is 24.5. The smallest absolute Gasteiger partial charge is 0.459 e. The topological polar surface area (TPSA) is 176 Å². The van der Waals surface area contributed by atoms with E-state index in [9.17, 15) is 14.5 Å². The van der Waals surface area contributed by atoms with Gasteiger partial charge >= 0.3 is 13.7 Å².